The lowest BCUT2D eigenvalue weighted by atomic mass is 10.1. The molecule has 5 nitrogen and oxygen atoms in total. The highest BCUT2D eigenvalue weighted by molar-refractivity contribution is 8.26. The van der Waals surface area contributed by atoms with Gasteiger partial charge in [-0.1, -0.05) is 54.3 Å². The quantitative estimate of drug-likeness (QED) is 0.672. The van der Waals surface area contributed by atoms with E-state index in [9.17, 15) is 14.7 Å². The molecule has 2 heterocycles. The molecule has 0 unspecified atom stereocenters. The standard InChI is InChI=1S/C17H14N2O3S2/c1-18-9-5-8-12(18)10-13-15(20)19(17(23)24-13)14(16(21)22)11-6-3-2-4-7-11/h2-10,14H,1H3,(H,21,22)/b13-10+/t14-/m0/s1. The second kappa shape index (κ2) is 6.62. The first-order valence-electron chi connectivity index (χ1n) is 7.15. The molecule has 7 heteroatoms. The lowest BCUT2D eigenvalue weighted by molar-refractivity contribution is -0.145. The van der Waals surface area contributed by atoms with Crippen LogP contribution in [0.5, 0.6) is 0 Å². The molecule has 0 aliphatic carbocycles. The van der Waals surface area contributed by atoms with E-state index >= 15 is 0 Å². The lowest BCUT2D eigenvalue weighted by Crippen LogP contribution is -2.37. The molecule has 0 radical (unpaired) electrons. The van der Waals surface area contributed by atoms with Gasteiger partial charge < -0.3 is 9.67 Å². The smallest absolute Gasteiger partial charge is 0.331 e. The van der Waals surface area contributed by atoms with Gasteiger partial charge in [-0.2, -0.15) is 0 Å². The predicted octanol–water partition coefficient (Wildman–Crippen LogP) is 3.05. The van der Waals surface area contributed by atoms with Crippen molar-refractivity contribution in [3.05, 3.63) is 64.8 Å². The van der Waals surface area contributed by atoms with Crippen LogP contribution >= 0.6 is 24.0 Å². The van der Waals surface area contributed by atoms with E-state index in [-0.39, 0.29) is 10.2 Å². The van der Waals surface area contributed by atoms with Gasteiger partial charge in [0.25, 0.3) is 5.91 Å². The number of rotatable bonds is 4. The first-order chi connectivity index (χ1) is 11.5. The van der Waals surface area contributed by atoms with Crippen molar-refractivity contribution < 1.29 is 14.7 Å². The highest BCUT2D eigenvalue weighted by Gasteiger charge is 2.41. The van der Waals surface area contributed by atoms with Gasteiger partial charge in [-0.15, -0.1) is 0 Å². The summed E-state index contributed by atoms with van der Waals surface area (Å²) < 4.78 is 2.12. The van der Waals surface area contributed by atoms with Crippen molar-refractivity contribution in [1.29, 1.82) is 0 Å². The minimum absolute atomic E-state index is 0.247. The van der Waals surface area contributed by atoms with Crippen molar-refractivity contribution in [3.63, 3.8) is 0 Å². The Morgan fingerprint density at radius 1 is 1.25 bits per heavy atom. The van der Waals surface area contributed by atoms with E-state index in [4.69, 9.17) is 12.2 Å². The SMILES string of the molecule is Cn1cccc1/C=C1/SC(=S)N([C@H](C(=O)O)c2ccccc2)C1=O. The van der Waals surface area contributed by atoms with Crippen LogP contribution in [0.15, 0.2) is 53.6 Å². The van der Waals surface area contributed by atoms with Gasteiger partial charge in [0.1, 0.15) is 4.32 Å². The number of thioether (sulfide) groups is 1. The molecule has 0 saturated carbocycles. The van der Waals surface area contributed by atoms with E-state index in [0.717, 1.165) is 17.5 Å². The Morgan fingerprint density at radius 2 is 1.96 bits per heavy atom. The number of aromatic nitrogens is 1. The third-order valence-electron chi connectivity index (χ3n) is 3.69. The van der Waals surface area contributed by atoms with Crippen LogP contribution in [0.4, 0.5) is 0 Å². The summed E-state index contributed by atoms with van der Waals surface area (Å²) >= 11 is 6.40. The molecule has 1 aromatic carbocycles. The zero-order chi connectivity index (χ0) is 17.3. The number of aryl methyl sites for hydroxylation is 1. The number of nitrogens with zero attached hydrogens (tertiary/aromatic N) is 2. The number of benzene rings is 1. The van der Waals surface area contributed by atoms with E-state index in [0.29, 0.717) is 10.5 Å². The van der Waals surface area contributed by atoms with Crippen molar-refractivity contribution in [2.45, 2.75) is 6.04 Å². The highest BCUT2D eigenvalue weighted by atomic mass is 32.2. The Kier molecular flexibility index (Phi) is 4.55. The second-order valence-corrected chi connectivity index (χ2v) is 6.92. The maximum absolute atomic E-state index is 12.7. The van der Waals surface area contributed by atoms with Gasteiger partial charge in [-0.25, -0.2) is 4.79 Å². The van der Waals surface area contributed by atoms with E-state index in [1.807, 2.05) is 29.9 Å². The lowest BCUT2D eigenvalue weighted by Gasteiger charge is -2.23. The molecule has 1 N–H and O–H groups in total. The fourth-order valence-corrected chi connectivity index (χ4v) is 3.80. The Labute approximate surface area is 148 Å². The molecule has 1 atom stereocenters. The number of hydrogen-bond acceptors (Lipinski definition) is 4. The third-order valence-corrected chi connectivity index (χ3v) is 5.02. The van der Waals surface area contributed by atoms with E-state index in [2.05, 4.69) is 0 Å². The monoisotopic (exact) mass is 358 g/mol. The first-order valence-corrected chi connectivity index (χ1v) is 8.37. The molecule has 1 aromatic heterocycles. The van der Waals surface area contributed by atoms with Crippen LogP contribution in [0.3, 0.4) is 0 Å². The van der Waals surface area contributed by atoms with Crippen molar-refractivity contribution in [3.8, 4) is 0 Å². The molecule has 1 fully saturated rings. The van der Waals surface area contributed by atoms with Crippen LogP contribution in [-0.2, 0) is 16.6 Å². The average Bonchev–Trinajstić information content (AvgIpc) is 3.07. The molecule has 122 valence electrons. The molecule has 2 aromatic rings. The largest absolute Gasteiger partial charge is 0.479 e. The highest BCUT2D eigenvalue weighted by Crippen LogP contribution is 2.38. The van der Waals surface area contributed by atoms with Gasteiger partial charge in [0.2, 0.25) is 0 Å². The molecule has 0 bridgehead atoms. The summed E-state index contributed by atoms with van der Waals surface area (Å²) in [6, 6.07) is 11.2. The minimum Gasteiger partial charge on any atom is -0.479 e. The fourth-order valence-electron chi connectivity index (χ4n) is 2.50. The Bertz CT molecular complexity index is 843. The number of carboxylic acid groups (broad SMARTS) is 1. The molecule has 0 spiro atoms. The van der Waals surface area contributed by atoms with Gasteiger partial charge in [-0.05, 0) is 23.8 Å². The summed E-state index contributed by atoms with van der Waals surface area (Å²) in [5.41, 5.74) is 1.36. The van der Waals surface area contributed by atoms with Gasteiger partial charge in [0.15, 0.2) is 6.04 Å². The maximum Gasteiger partial charge on any atom is 0.331 e. The van der Waals surface area contributed by atoms with E-state index in [1.165, 1.54) is 4.90 Å². The summed E-state index contributed by atoms with van der Waals surface area (Å²) in [4.78, 5) is 26.1. The zero-order valence-electron chi connectivity index (χ0n) is 12.7. The van der Waals surface area contributed by atoms with Crippen molar-refractivity contribution in [2.24, 2.45) is 7.05 Å². The molecule has 1 amide bonds. The number of aliphatic carboxylic acids is 1. The van der Waals surface area contributed by atoms with Crippen LogP contribution in [0.2, 0.25) is 0 Å². The Hall–Kier alpha value is -2.38. The van der Waals surface area contributed by atoms with Gasteiger partial charge in [0, 0.05) is 18.9 Å². The maximum atomic E-state index is 12.7. The normalized spacial score (nSPS) is 17.5. The number of amides is 1. The van der Waals surface area contributed by atoms with Crippen LogP contribution in [0, 0.1) is 0 Å². The molecule has 24 heavy (non-hydrogen) atoms. The summed E-state index contributed by atoms with van der Waals surface area (Å²) in [5.74, 6) is -1.50. The van der Waals surface area contributed by atoms with Crippen LogP contribution in [-0.4, -0.2) is 30.8 Å². The van der Waals surface area contributed by atoms with Gasteiger partial charge in [0.05, 0.1) is 4.91 Å². The molecular weight excluding hydrogens is 344 g/mol. The number of carboxylic acids is 1. The van der Waals surface area contributed by atoms with Crippen molar-refractivity contribution in [2.75, 3.05) is 0 Å². The van der Waals surface area contributed by atoms with Crippen LogP contribution < -0.4 is 0 Å². The van der Waals surface area contributed by atoms with Crippen LogP contribution in [0.25, 0.3) is 6.08 Å². The van der Waals surface area contributed by atoms with Gasteiger partial charge >= 0.3 is 5.97 Å². The van der Waals surface area contributed by atoms with Gasteiger partial charge in [-0.3, -0.25) is 9.69 Å². The predicted molar refractivity (Wildman–Crippen MR) is 97.2 cm³/mol. The van der Waals surface area contributed by atoms with Crippen molar-refractivity contribution >= 4 is 46.3 Å². The zero-order valence-corrected chi connectivity index (χ0v) is 14.4. The topological polar surface area (TPSA) is 62.5 Å². The van der Waals surface area contributed by atoms with Crippen LogP contribution in [0.1, 0.15) is 17.3 Å². The van der Waals surface area contributed by atoms with E-state index < -0.39 is 12.0 Å². The summed E-state index contributed by atoms with van der Waals surface area (Å²) in [6.07, 6.45) is 3.60. The fraction of sp³-hybridized carbons (Fsp3) is 0.118. The Morgan fingerprint density at radius 3 is 2.54 bits per heavy atom. The number of carbonyl (C=O) groups is 2. The molecule has 1 aliphatic heterocycles. The number of hydrogen-bond donors (Lipinski definition) is 1. The first kappa shape index (κ1) is 16.5. The number of thiocarbonyl (C=S) groups is 1. The Balaban J connectivity index is 1.98. The number of carbonyl (C=O) groups excluding carboxylic acids is 1. The molecule has 3 rings (SSSR count). The molecular formula is C17H14N2O3S2. The summed E-state index contributed by atoms with van der Waals surface area (Å²) in [5, 5.41) is 9.62. The minimum atomic E-state index is -1.13. The molecule has 1 saturated heterocycles. The third kappa shape index (κ3) is 3.00. The van der Waals surface area contributed by atoms with Crippen molar-refractivity contribution in [1.82, 2.24) is 9.47 Å². The average molecular weight is 358 g/mol. The summed E-state index contributed by atoms with van der Waals surface area (Å²) in [6.45, 7) is 0. The van der Waals surface area contributed by atoms with E-state index in [1.54, 1.807) is 36.4 Å². The second-order valence-electron chi connectivity index (χ2n) is 5.25. The molecule has 1 aliphatic rings. The summed E-state index contributed by atoms with van der Waals surface area (Å²) in [7, 11) is 1.87.